The molecule has 0 aliphatic heterocycles. The number of hydrogen-bond acceptors (Lipinski definition) is 4. The molecule has 1 heterocycles. The van der Waals surface area contributed by atoms with Crippen LogP contribution in [0.4, 0.5) is 4.39 Å². The Labute approximate surface area is 120 Å². The van der Waals surface area contributed by atoms with E-state index < -0.39 is 5.97 Å². The molecule has 6 heteroatoms. The monoisotopic (exact) mass is 292 g/mol. The molecular weight excluding hydrogens is 279 g/mol. The second-order valence-electron chi connectivity index (χ2n) is 4.26. The zero-order valence-corrected chi connectivity index (χ0v) is 11.9. The van der Waals surface area contributed by atoms with Crippen LogP contribution in [0.15, 0.2) is 29.3 Å². The molecule has 4 nitrogen and oxygen atoms in total. The number of rotatable bonds is 4. The summed E-state index contributed by atoms with van der Waals surface area (Å²) in [5, 5.41) is 9.66. The minimum Gasteiger partial charge on any atom is -0.478 e. The number of aromatic carboxylic acids is 1. The van der Waals surface area contributed by atoms with Gasteiger partial charge in [-0.3, -0.25) is 0 Å². The lowest BCUT2D eigenvalue weighted by atomic mass is 10.2. The Morgan fingerprint density at radius 1 is 1.25 bits per heavy atom. The highest BCUT2D eigenvalue weighted by Gasteiger charge is 2.17. The third kappa shape index (κ3) is 3.33. The van der Waals surface area contributed by atoms with Crippen molar-refractivity contribution < 1.29 is 14.3 Å². The van der Waals surface area contributed by atoms with Gasteiger partial charge in [0.15, 0.2) is 0 Å². The summed E-state index contributed by atoms with van der Waals surface area (Å²) in [5.74, 6) is -0.270. The van der Waals surface area contributed by atoms with Crippen LogP contribution in [0.2, 0.25) is 0 Å². The fourth-order valence-electron chi connectivity index (χ4n) is 1.76. The van der Waals surface area contributed by atoms with E-state index in [-0.39, 0.29) is 11.4 Å². The lowest BCUT2D eigenvalue weighted by Crippen LogP contribution is -2.08. The predicted molar refractivity (Wildman–Crippen MR) is 74.4 cm³/mol. The van der Waals surface area contributed by atoms with Gasteiger partial charge in [-0.05, 0) is 31.5 Å². The molecule has 1 N–H and O–H groups in total. The van der Waals surface area contributed by atoms with Crippen LogP contribution in [0, 0.1) is 19.7 Å². The van der Waals surface area contributed by atoms with E-state index in [1.54, 1.807) is 26.0 Å². The van der Waals surface area contributed by atoms with Crippen LogP contribution in [0.3, 0.4) is 0 Å². The number of carboxylic acid groups (broad SMARTS) is 1. The molecule has 0 spiro atoms. The Bertz CT molecular complexity index is 644. The van der Waals surface area contributed by atoms with Crippen molar-refractivity contribution in [1.29, 1.82) is 0 Å². The summed E-state index contributed by atoms with van der Waals surface area (Å²) in [6.07, 6.45) is 0. The SMILES string of the molecule is Cc1nc(C)c(C(=O)O)c(SCc2ccc(F)cc2)n1. The first-order chi connectivity index (χ1) is 9.47. The molecule has 0 saturated heterocycles. The fraction of sp³-hybridized carbons (Fsp3) is 0.214. The van der Waals surface area contributed by atoms with Gasteiger partial charge >= 0.3 is 5.97 Å². The van der Waals surface area contributed by atoms with E-state index in [2.05, 4.69) is 9.97 Å². The van der Waals surface area contributed by atoms with Gasteiger partial charge in [0.1, 0.15) is 22.2 Å². The summed E-state index contributed by atoms with van der Waals surface area (Å²) in [6.45, 7) is 3.38. The lowest BCUT2D eigenvalue weighted by Gasteiger charge is -2.08. The van der Waals surface area contributed by atoms with Crippen LogP contribution < -0.4 is 0 Å². The molecule has 2 rings (SSSR count). The van der Waals surface area contributed by atoms with Crippen LogP contribution in [0.5, 0.6) is 0 Å². The van der Waals surface area contributed by atoms with Gasteiger partial charge in [-0.25, -0.2) is 19.2 Å². The molecule has 0 fully saturated rings. The summed E-state index contributed by atoms with van der Waals surface area (Å²) in [7, 11) is 0. The maximum absolute atomic E-state index is 12.8. The van der Waals surface area contributed by atoms with Crippen molar-refractivity contribution in [3.8, 4) is 0 Å². The fourth-order valence-corrected chi connectivity index (χ4v) is 2.84. The largest absolute Gasteiger partial charge is 0.478 e. The van der Waals surface area contributed by atoms with Crippen molar-refractivity contribution in [3.63, 3.8) is 0 Å². The number of aromatic nitrogens is 2. The van der Waals surface area contributed by atoms with Crippen LogP contribution in [0.1, 0.15) is 27.4 Å². The topological polar surface area (TPSA) is 63.1 Å². The second kappa shape index (κ2) is 6.00. The molecule has 0 aliphatic carbocycles. The molecule has 2 aromatic rings. The van der Waals surface area contributed by atoms with Gasteiger partial charge in [-0.2, -0.15) is 0 Å². The maximum atomic E-state index is 12.8. The third-order valence-electron chi connectivity index (χ3n) is 2.67. The van der Waals surface area contributed by atoms with E-state index in [1.807, 2.05) is 0 Å². The molecule has 1 aromatic heterocycles. The molecule has 0 radical (unpaired) electrons. The van der Waals surface area contributed by atoms with Gasteiger partial charge in [0, 0.05) is 5.75 Å². The number of carbonyl (C=O) groups is 1. The highest BCUT2D eigenvalue weighted by atomic mass is 32.2. The van der Waals surface area contributed by atoms with Crippen molar-refractivity contribution >= 4 is 17.7 Å². The van der Waals surface area contributed by atoms with Crippen LogP contribution in [0.25, 0.3) is 0 Å². The van der Waals surface area contributed by atoms with Gasteiger partial charge in [0.25, 0.3) is 0 Å². The standard InChI is InChI=1S/C14H13FN2O2S/c1-8-12(14(18)19)13(17-9(2)16-8)20-7-10-3-5-11(15)6-4-10/h3-6H,7H2,1-2H3,(H,18,19). The molecule has 104 valence electrons. The van der Waals surface area contributed by atoms with Crippen molar-refractivity contribution in [2.45, 2.75) is 24.6 Å². The number of aryl methyl sites for hydroxylation is 2. The molecule has 0 saturated carbocycles. The minimum absolute atomic E-state index is 0.128. The Hall–Kier alpha value is -1.95. The first-order valence-electron chi connectivity index (χ1n) is 5.93. The molecule has 20 heavy (non-hydrogen) atoms. The second-order valence-corrected chi connectivity index (χ2v) is 5.22. The van der Waals surface area contributed by atoms with E-state index >= 15 is 0 Å². The van der Waals surface area contributed by atoms with Gasteiger partial charge in [0.05, 0.1) is 5.69 Å². The normalized spacial score (nSPS) is 10.6. The van der Waals surface area contributed by atoms with Crippen LogP contribution >= 0.6 is 11.8 Å². The smallest absolute Gasteiger partial charge is 0.340 e. The van der Waals surface area contributed by atoms with Gasteiger partial charge in [-0.15, -0.1) is 11.8 Å². The van der Waals surface area contributed by atoms with Gasteiger partial charge in [0.2, 0.25) is 0 Å². The maximum Gasteiger partial charge on any atom is 0.340 e. The first kappa shape index (κ1) is 14.5. The van der Waals surface area contributed by atoms with Crippen LogP contribution in [-0.4, -0.2) is 21.0 Å². The number of benzene rings is 1. The number of nitrogens with zero attached hydrogens (tertiary/aromatic N) is 2. The summed E-state index contributed by atoms with van der Waals surface area (Å²) in [4.78, 5) is 19.5. The Kier molecular flexibility index (Phi) is 4.34. The predicted octanol–water partition coefficient (Wildman–Crippen LogP) is 3.22. The van der Waals surface area contributed by atoms with Crippen molar-refractivity contribution in [3.05, 3.63) is 52.7 Å². The number of hydrogen-bond donors (Lipinski definition) is 1. The summed E-state index contributed by atoms with van der Waals surface area (Å²) in [5.41, 5.74) is 1.48. The highest BCUT2D eigenvalue weighted by molar-refractivity contribution is 7.98. The molecule has 0 atom stereocenters. The molecule has 0 aliphatic rings. The van der Waals surface area contributed by atoms with Gasteiger partial charge in [-0.1, -0.05) is 12.1 Å². The molecular formula is C14H13FN2O2S. The molecule has 0 amide bonds. The van der Waals surface area contributed by atoms with E-state index in [0.29, 0.717) is 22.3 Å². The van der Waals surface area contributed by atoms with E-state index in [1.165, 1.54) is 23.9 Å². The molecule has 1 aromatic carbocycles. The number of carboxylic acids is 1. The quantitative estimate of drug-likeness (QED) is 0.692. The average molecular weight is 292 g/mol. The van der Waals surface area contributed by atoms with Crippen molar-refractivity contribution in [2.75, 3.05) is 0 Å². The zero-order chi connectivity index (χ0) is 14.7. The summed E-state index contributed by atoms with van der Waals surface area (Å²) < 4.78 is 12.8. The highest BCUT2D eigenvalue weighted by Crippen LogP contribution is 2.26. The summed E-state index contributed by atoms with van der Waals surface area (Å²) in [6, 6.07) is 6.10. The Balaban J connectivity index is 2.24. The van der Waals surface area contributed by atoms with Crippen LogP contribution in [-0.2, 0) is 5.75 Å². The molecule has 0 unspecified atom stereocenters. The minimum atomic E-state index is -1.04. The third-order valence-corrected chi connectivity index (χ3v) is 3.72. The van der Waals surface area contributed by atoms with Crippen molar-refractivity contribution in [2.24, 2.45) is 0 Å². The Morgan fingerprint density at radius 2 is 1.90 bits per heavy atom. The van der Waals surface area contributed by atoms with Gasteiger partial charge < -0.3 is 5.11 Å². The Morgan fingerprint density at radius 3 is 2.50 bits per heavy atom. The number of thioether (sulfide) groups is 1. The molecule has 0 bridgehead atoms. The van der Waals surface area contributed by atoms with E-state index in [9.17, 15) is 14.3 Å². The number of halogens is 1. The zero-order valence-electron chi connectivity index (χ0n) is 11.1. The first-order valence-corrected chi connectivity index (χ1v) is 6.91. The van der Waals surface area contributed by atoms with Crippen molar-refractivity contribution in [1.82, 2.24) is 9.97 Å². The average Bonchev–Trinajstić information content (AvgIpc) is 2.36. The summed E-state index contributed by atoms with van der Waals surface area (Å²) >= 11 is 1.31. The van der Waals surface area contributed by atoms with E-state index in [4.69, 9.17) is 0 Å². The van der Waals surface area contributed by atoms with E-state index in [0.717, 1.165) is 5.56 Å². The lowest BCUT2D eigenvalue weighted by molar-refractivity contribution is 0.0690.